The Hall–Kier alpha value is -1.83. The molecule has 0 bridgehead atoms. The second kappa shape index (κ2) is 6.20. The van der Waals surface area contributed by atoms with Crippen LogP contribution < -0.4 is 5.32 Å². The molecule has 1 atom stereocenters. The highest BCUT2D eigenvalue weighted by atomic mass is 14.9. The minimum absolute atomic E-state index is 0.360. The molecule has 1 N–H and O–H groups in total. The summed E-state index contributed by atoms with van der Waals surface area (Å²) in [6.45, 7) is 4.33. The van der Waals surface area contributed by atoms with E-state index in [4.69, 9.17) is 0 Å². The van der Waals surface area contributed by atoms with E-state index in [1.165, 1.54) is 11.1 Å². The van der Waals surface area contributed by atoms with Crippen LogP contribution in [-0.2, 0) is 0 Å². The Morgan fingerprint density at radius 2 is 1.94 bits per heavy atom. The van der Waals surface area contributed by atoms with E-state index in [0.717, 1.165) is 18.5 Å². The summed E-state index contributed by atoms with van der Waals surface area (Å²) in [6.07, 6.45) is 6.02. The first-order valence-corrected chi connectivity index (χ1v) is 6.53. The van der Waals surface area contributed by atoms with Crippen molar-refractivity contribution in [2.45, 2.75) is 32.7 Å². The lowest BCUT2D eigenvalue weighted by Gasteiger charge is -2.20. The highest BCUT2D eigenvalue weighted by Gasteiger charge is 2.10. The van der Waals surface area contributed by atoms with Crippen molar-refractivity contribution in [1.29, 1.82) is 0 Å². The SMILES string of the molecule is CCCC(Nc1cnccc1C)c1ccccc1. The van der Waals surface area contributed by atoms with Gasteiger partial charge in [0, 0.05) is 6.20 Å². The number of aromatic nitrogens is 1. The van der Waals surface area contributed by atoms with Gasteiger partial charge in [-0.1, -0.05) is 43.7 Å². The Bertz CT molecular complexity index is 479. The molecule has 0 aliphatic rings. The van der Waals surface area contributed by atoms with Crippen molar-refractivity contribution in [2.24, 2.45) is 0 Å². The molecule has 2 rings (SSSR count). The molecule has 0 aliphatic heterocycles. The Labute approximate surface area is 109 Å². The van der Waals surface area contributed by atoms with Crippen LogP contribution in [0.2, 0.25) is 0 Å². The molecule has 0 fully saturated rings. The molecule has 1 heterocycles. The predicted molar refractivity (Wildman–Crippen MR) is 76.7 cm³/mol. The van der Waals surface area contributed by atoms with Gasteiger partial charge in [-0.15, -0.1) is 0 Å². The maximum atomic E-state index is 4.19. The van der Waals surface area contributed by atoms with Gasteiger partial charge in [-0.3, -0.25) is 4.98 Å². The maximum Gasteiger partial charge on any atom is 0.0561 e. The third-order valence-electron chi connectivity index (χ3n) is 3.15. The number of pyridine rings is 1. The molecule has 0 spiro atoms. The normalized spacial score (nSPS) is 12.1. The first-order chi connectivity index (χ1) is 8.81. The van der Waals surface area contributed by atoms with E-state index in [2.05, 4.69) is 54.5 Å². The summed E-state index contributed by atoms with van der Waals surface area (Å²) in [5.74, 6) is 0. The van der Waals surface area contributed by atoms with Crippen molar-refractivity contribution in [3.8, 4) is 0 Å². The third kappa shape index (κ3) is 3.10. The molecule has 1 aromatic carbocycles. The first-order valence-electron chi connectivity index (χ1n) is 6.53. The highest BCUT2D eigenvalue weighted by Crippen LogP contribution is 2.25. The number of anilines is 1. The average Bonchev–Trinajstić information content (AvgIpc) is 2.42. The van der Waals surface area contributed by atoms with Gasteiger partial charge in [-0.25, -0.2) is 0 Å². The molecule has 1 aromatic heterocycles. The molecule has 0 radical (unpaired) electrons. The molecule has 18 heavy (non-hydrogen) atoms. The summed E-state index contributed by atoms with van der Waals surface area (Å²) >= 11 is 0. The van der Waals surface area contributed by atoms with E-state index in [1.54, 1.807) is 0 Å². The van der Waals surface area contributed by atoms with Crippen LogP contribution in [0.25, 0.3) is 0 Å². The largest absolute Gasteiger partial charge is 0.377 e. The minimum Gasteiger partial charge on any atom is -0.377 e. The molecule has 0 saturated carbocycles. The molecule has 2 nitrogen and oxygen atoms in total. The zero-order chi connectivity index (χ0) is 12.8. The fourth-order valence-electron chi connectivity index (χ4n) is 2.10. The second-order valence-corrected chi connectivity index (χ2v) is 4.59. The summed E-state index contributed by atoms with van der Waals surface area (Å²) in [4.78, 5) is 4.19. The zero-order valence-electron chi connectivity index (χ0n) is 11.1. The van der Waals surface area contributed by atoms with Crippen LogP contribution in [0.5, 0.6) is 0 Å². The summed E-state index contributed by atoms with van der Waals surface area (Å²) in [5, 5.41) is 3.60. The molecule has 0 saturated heterocycles. The van der Waals surface area contributed by atoms with Crippen molar-refractivity contribution < 1.29 is 0 Å². The molecular weight excluding hydrogens is 220 g/mol. The summed E-state index contributed by atoms with van der Waals surface area (Å²) in [5.41, 5.74) is 3.70. The van der Waals surface area contributed by atoms with Crippen LogP contribution in [0.4, 0.5) is 5.69 Å². The average molecular weight is 240 g/mol. The Balaban J connectivity index is 2.19. The topological polar surface area (TPSA) is 24.9 Å². The standard InChI is InChI=1S/C16H20N2/c1-3-7-15(14-8-5-4-6-9-14)18-16-12-17-11-10-13(16)2/h4-6,8-12,15,18H,3,7H2,1-2H3. The van der Waals surface area contributed by atoms with Gasteiger partial charge < -0.3 is 5.32 Å². The predicted octanol–water partition coefficient (Wildman–Crippen LogP) is 4.34. The van der Waals surface area contributed by atoms with Gasteiger partial charge >= 0.3 is 0 Å². The number of nitrogens with zero attached hydrogens (tertiary/aromatic N) is 1. The molecule has 0 amide bonds. The van der Waals surface area contributed by atoms with Gasteiger partial charge in [0.25, 0.3) is 0 Å². The van der Waals surface area contributed by atoms with Crippen molar-refractivity contribution in [2.75, 3.05) is 5.32 Å². The van der Waals surface area contributed by atoms with Gasteiger partial charge in [0.2, 0.25) is 0 Å². The summed E-state index contributed by atoms with van der Waals surface area (Å²) < 4.78 is 0. The molecule has 2 heteroatoms. The monoisotopic (exact) mass is 240 g/mol. The van der Waals surface area contributed by atoms with Gasteiger partial charge in [-0.05, 0) is 30.5 Å². The van der Waals surface area contributed by atoms with Crippen molar-refractivity contribution >= 4 is 5.69 Å². The number of nitrogens with one attached hydrogen (secondary N) is 1. The Morgan fingerprint density at radius 3 is 2.61 bits per heavy atom. The van der Waals surface area contributed by atoms with Crippen LogP contribution in [-0.4, -0.2) is 4.98 Å². The van der Waals surface area contributed by atoms with Crippen LogP contribution in [0, 0.1) is 6.92 Å². The fraction of sp³-hybridized carbons (Fsp3) is 0.312. The maximum absolute atomic E-state index is 4.19. The van der Waals surface area contributed by atoms with Gasteiger partial charge in [0.15, 0.2) is 0 Å². The van der Waals surface area contributed by atoms with Crippen LogP contribution >= 0.6 is 0 Å². The lowest BCUT2D eigenvalue weighted by Crippen LogP contribution is -2.11. The van der Waals surface area contributed by atoms with Crippen molar-refractivity contribution in [3.63, 3.8) is 0 Å². The van der Waals surface area contributed by atoms with E-state index >= 15 is 0 Å². The number of aryl methyl sites for hydroxylation is 1. The Kier molecular flexibility index (Phi) is 4.35. The van der Waals surface area contributed by atoms with Crippen LogP contribution in [0.3, 0.4) is 0 Å². The quantitative estimate of drug-likeness (QED) is 0.840. The highest BCUT2D eigenvalue weighted by molar-refractivity contribution is 5.49. The van der Waals surface area contributed by atoms with E-state index in [9.17, 15) is 0 Å². The second-order valence-electron chi connectivity index (χ2n) is 4.59. The molecule has 0 aliphatic carbocycles. The van der Waals surface area contributed by atoms with Crippen LogP contribution in [0.1, 0.15) is 36.9 Å². The number of hydrogen-bond acceptors (Lipinski definition) is 2. The van der Waals surface area contributed by atoms with Crippen molar-refractivity contribution in [3.05, 3.63) is 59.9 Å². The van der Waals surface area contributed by atoms with Crippen LogP contribution in [0.15, 0.2) is 48.8 Å². The minimum atomic E-state index is 0.360. The smallest absolute Gasteiger partial charge is 0.0561 e. The zero-order valence-corrected chi connectivity index (χ0v) is 11.1. The third-order valence-corrected chi connectivity index (χ3v) is 3.15. The number of rotatable bonds is 5. The number of hydrogen-bond donors (Lipinski definition) is 1. The molecule has 2 aromatic rings. The molecule has 94 valence electrons. The lowest BCUT2D eigenvalue weighted by molar-refractivity contribution is 0.676. The number of benzene rings is 1. The van der Waals surface area contributed by atoms with Gasteiger partial charge in [0.1, 0.15) is 0 Å². The summed E-state index contributed by atoms with van der Waals surface area (Å²) in [6, 6.07) is 13.0. The van der Waals surface area contributed by atoms with E-state index in [-0.39, 0.29) is 0 Å². The Morgan fingerprint density at radius 1 is 1.17 bits per heavy atom. The first kappa shape index (κ1) is 12.6. The molecular formula is C16H20N2. The lowest BCUT2D eigenvalue weighted by atomic mass is 10.0. The molecule has 1 unspecified atom stereocenters. The summed E-state index contributed by atoms with van der Waals surface area (Å²) in [7, 11) is 0. The van der Waals surface area contributed by atoms with Gasteiger partial charge in [-0.2, -0.15) is 0 Å². The van der Waals surface area contributed by atoms with Gasteiger partial charge in [0.05, 0.1) is 17.9 Å². The van der Waals surface area contributed by atoms with E-state index < -0.39 is 0 Å². The van der Waals surface area contributed by atoms with E-state index in [1.807, 2.05) is 18.5 Å². The van der Waals surface area contributed by atoms with Crippen molar-refractivity contribution in [1.82, 2.24) is 4.98 Å². The fourth-order valence-corrected chi connectivity index (χ4v) is 2.10. The van der Waals surface area contributed by atoms with E-state index in [0.29, 0.717) is 6.04 Å².